The summed E-state index contributed by atoms with van der Waals surface area (Å²) in [7, 11) is 0. The maximum absolute atomic E-state index is 12.7. The molecule has 6 nitrogen and oxygen atoms in total. The maximum Gasteiger partial charge on any atom is 0.264 e. The van der Waals surface area contributed by atoms with E-state index < -0.39 is 0 Å². The molecule has 1 atom stereocenters. The lowest BCUT2D eigenvalue weighted by Crippen LogP contribution is -2.40. The van der Waals surface area contributed by atoms with Crippen LogP contribution in [0.5, 0.6) is 0 Å². The van der Waals surface area contributed by atoms with Gasteiger partial charge in [0.15, 0.2) is 0 Å². The monoisotopic (exact) mass is 385 g/mol. The number of thiophene rings is 1. The molecule has 7 heteroatoms. The third-order valence-corrected chi connectivity index (χ3v) is 6.36. The molecule has 0 unspecified atom stereocenters. The number of carbonyl (C=O) groups excluding carboxylic acids is 2. The highest BCUT2D eigenvalue weighted by atomic mass is 32.1. The summed E-state index contributed by atoms with van der Waals surface area (Å²) in [6.45, 7) is 2.97. The van der Waals surface area contributed by atoms with Crippen LogP contribution >= 0.6 is 11.3 Å². The van der Waals surface area contributed by atoms with Crippen LogP contribution in [-0.2, 0) is 28.9 Å². The highest BCUT2D eigenvalue weighted by molar-refractivity contribution is 7.14. The number of ether oxygens (including phenoxy) is 1. The van der Waals surface area contributed by atoms with E-state index in [0.29, 0.717) is 39.3 Å². The van der Waals surface area contributed by atoms with Gasteiger partial charge in [-0.3, -0.25) is 14.6 Å². The van der Waals surface area contributed by atoms with Gasteiger partial charge in [-0.25, -0.2) is 0 Å². The molecule has 1 aliphatic heterocycles. The van der Waals surface area contributed by atoms with Crippen molar-refractivity contribution >= 4 is 23.2 Å². The minimum absolute atomic E-state index is 0.0397. The Kier molecular flexibility index (Phi) is 5.50. The fourth-order valence-corrected chi connectivity index (χ4v) is 4.78. The van der Waals surface area contributed by atoms with E-state index in [2.05, 4.69) is 10.3 Å². The molecule has 3 heterocycles. The van der Waals surface area contributed by atoms with Crippen LogP contribution in [0.3, 0.4) is 0 Å². The molecule has 0 radical (unpaired) electrons. The zero-order valence-electron chi connectivity index (χ0n) is 15.1. The quantitative estimate of drug-likeness (QED) is 0.874. The Balaban J connectivity index is 1.37. The number of nitrogens with one attached hydrogen (secondary N) is 1. The van der Waals surface area contributed by atoms with Crippen molar-refractivity contribution in [2.24, 2.45) is 5.92 Å². The lowest BCUT2D eigenvalue weighted by Gasteiger charge is -2.26. The fourth-order valence-electron chi connectivity index (χ4n) is 3.60. The summed E-state index contributed by atoms with van der Waals surface area (Å²) < 4.78 is 5.32. The SMILES string of the molecule is O=C(NCc1ccccn1)[C@H]1CCc2sc(C(=O)N3CCOCC3)cc2C1. The fraction of sp³-hybridized carbons (Fsp3) is 0.450. The van der Waals surface area contributed by atoms with Crippen molar-refractivity contribution in [1.29, 1.82) is 0 Å². The average molecular weight is 385 g/mol. The van der Waals surface area contributed by atoms with Crippen LogP contribution in [0.15, 0.2) is 30.5 Å². The highest BCUT2D eigenvalue weighted by Crippen LogP contribution is 2.33. The molecule has 2 aromatic rings. The second-order valence-electron chi connectivity index (χ2n) is 6.94. The molecule has 2 aliphatic rings. The van der Waals surface area contributed by atoms with Crippen molar-refractivity contribution in [2.75, 3.05) is 26.3 Å². The van der Waals surface area contributed by atoms with Gasteiger partial charge in [0.25, 0.3) is 5.91 Å². The van der Waals surface area contributed by atoms with Crippen LogP contribution in [-0.4, -0.2) is 48.0 Å². The predicted octanol–water partition coefficient (Wildman–Crippen LogP) is 2.04. The molecule has 1 aliphatic carbocycles. The number of carbonyl (C=O) groups is 2. The van der Waals surface area contributed by atoms with Gasteiger partial charge < -0.3 is 15.0 Å². The van der Waals surface area contributed by atoms with Crippen LogP contribution in [0.2, 0.25) is 0 Å². The first-order valence-electron chi connectivity index (χ1n) is 9.37. The Labute approximate surface area is 162 Å². The lowest BCUT2D eigenvalue weighted by atomic mass is 9.87. The van der Waals surface area contributed by atoms with Crippen LogP contribution in [0, 0.1) is 5.92 Å². The van der Waals surface area contributed by atoms with Crippen molar-refractivity contribution in [1.82, 2.24) is 15.2 Å². The molecule has 1 N–H and O–H groups in total. The van der Waals surface area contributed by atoms with Crippen molar-refractivity contribution < 1.29 is 14.3 Å². The number of hydrogen-bond donors (Lipinski definition) is 1. The average Bonchev–Trinajstić information content (AvgIpc) is 3.16. The van der Waals surface area contributed by atoms with Gasteiger partial charge in [0.2, 0.25) is 5.91 Å². The number of pyridine rings is 1. The summed E-state index contributed by atoms with van der Waals surface area (Å²) in [6.07, 6.45) is 4.12. The Bertz CT molecular complexity index is 815. The molecule has 142 valence electrons. The predicted molar refractivity (Wildman–Crippen MR) is 103 cm³/mol. The molecule has 2 aromatic heterocycles. The summed E-state index contributed by atoms with van der Waals surface area (Å²) in [5.74, 6) is 0.120. The van der Waals surface area contributed by atoms with Gasteiger partial charge in [0, 0.05) is 30.1 Å². The Morgan fingerprint density at radius 2 is 2.15 bits per heavy atom. The number of nitrogens with zero attached hydrogens (tertiary/aromatic N) is 2. The molecular formula is C20H23N3O3S. The van der Waals surface area contributed by atoms with Crippen molar-refractivity contribution in [2.45, 2.75) is 25.8 Å². The van der Waals surface area contributed by atoms with Gasteiger partial charge in [-0.15, -0.1) is 11.3 Å². The van der Waals surface area contributed by atoms with E-state index in [0.717, 1.165) is 29.0 Å². The molecular weight excluding hydrogens is 362 g/mol. The van der Waals surface area contributed by atoms with Crippen molar-refractivity contribution in [3.63, 3.8) is 0 Å². The van der Waals surface area contributed by atoms with Crippen LogP contribution in [0.1, 0.15) is 32.2 Å². The van der Waals surface area contributed by atoms with Crippen molar-refractivity contribution in [3.8, 4) is 0 Å². The maximum atomic E-state index is 12.7. The minimum atomic E-state index is -0.0397. The molecule has 0 aromatic carbocycles. The van der Waals surface area contributed by atoms with E-state index in [1.54, 1.807) is 17.5 Å². The first kappa shape index (κ1) is 18.1. The number of hydrogen-bond acceptors (Lipinski definition) is 5. The van der Waals surface area contributed by atoms with E-state index in [-0.39, 0.29) is 17.7 Å². The highest BCUT2D eigenvalue weighted by Gasteiger charge is 2.28. The smallest absolute Gasteiger partial charge is 0.264 e. The first-order valence-corrected chi connectivity index (χ1v) is 10.2. The van der Waals surface area contributed by atoms with E-state index in [1.165, 1.54) is 4.88 Å². The standard InChI is InChI=1S/C20H23N3O3S/c24-19(22-13-16-3-1-2-6-21-16)14-4-5-17-15(11-14)12-18(27-17)20(25)23-7-9-26-10-8-23/h1-3,6,12,14H,4-5,7-11,13H2,(H,22,24)/t14-/m0/s1. The third-order valence-electron chi connectivity index (χ3n) is 5.13. The van der Waals surface area contributed by atoms with Gasteiger partial charge in [-0.2, -0.15) is 0 Å². The summed E-state index contributed by atoms with van der Waals surface area (Å²) in [6, 6.07) is 7.68. The molecule has 2 amide bonds. The first-order chi connectivity index (χ1) is 13.2. The number of fused-ring (bicyclic) bond motifs is 1. The van der Waals surface area contributed by atoms with E-state index >= 15 is 0 Å². The number of rotatable bonds is 4. The van der Waals surface area contributed by atoms with Gasteiger partial charge in [0.1, 0.15) is 0 Å². The molecule has 27 heavy (non-hydrogen) atoms. The molecule has 0 spiro atoms. The summed E-state index contributed by atoms with van der Waals surface area (Å²) >= 11 is 1.59. The molecule has 0 saturated carbocycles. The lowest BCUT2D eigenvalue weighted by molar-refractivity contribution is -0.125. The molecule has 4 rings (SSSR count). The van der Waals surface area contributed by atoms with Crippen LogP contribution in [0.4, 0.5) is 0 Å². The second-order valence-corrected chi connectivity index (χ2v) is 8.08. The minimum Gasteiger partial charge on any atom is -0.378 e. The van der Waals surface area contributed by atoms with Gasteiger partial charge in [-0.05, 0) is 43.0 Å². The van der Waals surface area contributed by atoms with Crippen LogP contribution in [0.25, 0.3) is 0 Å². The normalized spacial score (nSPS) is 19.4. The zero-order valence-corrected chi connectivity index (χ0v) is 16.0. The number of aromatic nitrogens is 1. The number of amides is 2. The Morgan fingerprint density at radius 1 is 1.30 bits per heavy atom. The van der Waals surface area contributed by atoms with Gasteiger partial charge in [0.05, 0.1) is 30.3 Å². The summed E-state index contributed by atoms with van der Waals surface area (Å²) in [5.41, 5.74) is 2.01. The van der Waals surface area contributed by atoms with E-state index in [9.17, 15) is 9.59 Å². The van der Waals surface area contributed by atoms with Crippen LogP contribution < -0.4 is 5.32 Å². The number of morpholine rings is 1. The Morgan fingerprint density at radius 3 is 2.93 bits per heavy atom. The molecule has 0 bridgehead atoms. The topological polar surface area (TPSA) is 71.5 Å². The number of aryl methyl sites for hydroxylation is 1. The Hall–Kier alpha value is -2.25. The molecule has 1 fully saturated rings. The van der Waals surface area contributed by atoms with E-state index in [4.69, 9.17) is 4.74 Å². The summed E-state index contributed by atoms with van der Waals surface area (Å²) in [5, 5.41) is 2.99. The third kappa shape index (κ3) is 4.20. The van der Waals surface area contributed by atoms with Crippen molar-refractivity contribution in [3.05, 3.63) is 51.5 Å². The van der Waals surface area contributed by atoms with Gasteiger partial charge in [-0.1, -0.05) is 6.07 Å². The second kappa shape index (κ2) is 8.19. The summed E-state index contributed by atoms with van der Waals surface area (Å²) in [4.78, 5) is 33.4. The largest absolute Gasteiger partial charge is 0.378 e. The van der Waals surface area contributed by atoms with Gasteiger partial charge >= 0.3 is 0 Å². The van der Waals surface area contributed by atoms with E-state index in [1.807, 2.05) is 29.2 Å². The molecule has 1 saturated heterocycles. The zero-order chi connectivity index (χ0) is 18.6.